The van der Waals surface area contributed by atoms with Crippen LogP contribution >= 0.6 is 0 Å². The summed E-state index contributed by atoms with van der Waals surface area (Å²) in [5, 5.41) is 3.15. The SMILES string of the molecule is CN(CCN1CCOCC1)C(=O)NC1CCCCC1. The van der Waals surface area contributed by atoms with Gasteiger partial charge in [-0.1, -0.05) is 19.3 Å². The van der Waals surface area contributed by atoms with E-state index in [-0.39, 0.29) is 6.03 Å². The molecule has 0 atom stereocenters. The second-order valence-electron chi connectivity index (χ2n) is 5.66. The Morgan fingerprint density at radius 2 is 1.95 bits per heavy atom. The van der Waals surface area contributed by atoms with Crippen LogP contribution in [0.15, 0.2) is 0 Å². The van der Waals surface area contributed by atoms with Crippen LogP contribution in [-0.4, -0.2) is 68.3 Å². The zero-order valence-electron chi connectivity index (χ0n) is 12.1. The van der Waals surface area contributed by atoms with E-state index in [0.717, 1.165) is 52.2 Å². The lowest BCUT2D eigenvalue weighted by molar-refractivity contribution is 0.0356. The van der Waals surface area contributed by atoms with E-state index in [1.54, 1.807) is 0 Å². The molecule has 2 rings (SSSR count). The number of morpholine rings is 1. The molecule has 1 aliphatic heterocycles. The number of hydrogen-bond donors (Lipinski definition) is 1. The predicted molar refractivity (Wildman–Crippen MR) is 75.3 cm³/mol. The Labute approximate surface area is 116 Å². The highest BCUT2D eigenvalue weighted by Gasteiger charge is 2.18. The van der Waals surface area contributed by atoms with Crippen LogP contribution < -0.4 is 5.32 Å². The average molecular weight is 269 g/mol. The second kappa shape index (κ2) is 7.70. The molecule has 1 saturated heterocycles. The summed E-state index contributed by atoms with van der Waals surface area (Å²) in [7, 11) is 1.89. The van der Waals surface area contributed by atoms with Crippen LogP contribution in [0.1, 0.15) is 32.1 Å². The summed E-state index contributed by atoms with van der Waals surface area (Å²) in [6, 6.07) is 0.479. The Balaban J connectivity index is 1.63. The first kappa shape index (κ1) is 14.6. The first-order chi connectivity index (χ1) is 9.25. The second-order valence-corrected chi connectivity index (χ2v) is 5.66. The highest BCUT2D eigenvalue weighted by Crippen LogP contribution is 2.17. The maximum absolute atomic E-state index is 12.1. The summed E-state index contributed by atoms with van der Waals surface area (Å²) < 4.78 is 5.32. The molecule has 19 heavy (non-hydrogen) atoms. The molecule has 0 spiro atoms. The van der Waals surface area contributed by atoms with Crippen LogP contribution in [0.25, 0.3) is 0 Å². The van der Waals surface area contributed by atoms with E-state index in [9.17, 15) is 4.79 Å². The van der Waals surface area contributed by atoms with Crippen LogP contribution in [0, 0.1) is 0 Å². The zero-order chi connectivity index (χ0) is 13.5. The quantitative estimate of drug-likeness (QED) is 0.836. The Hall–Kier alpha value is -0.810. The van der Waals surface area contributed by atoms with Gasteiger partial charge in [-0.25, -0.2) is 4.79 Å². The van der Waals surface area contributed by atoms with Crippen molar-refractivity contribution in [1.82, 2.24) is 15.1 Å². The Kier molecular flexibility index (Phi) is 5.92. The molecule has 1 aliphatic carbocycles. The van der Waals surface area contributed by atoms with E-state index in [0.29, 0.717) is 6.04 Å². The van der Waals surface area contributed by atoms with Gasteiger partial charge in [-0.3, -0.25) is 4.90 Å². The summed E-state index contributed by atoms with van der Waals surface area (Å²) in [5.41, 5.74) is 0. The molecule has 0 unspecified atom stereocenters. The van der Waals surface area contributed by atoms with E-state index >= 15 is 0 Å². The van der Waals surface area contributed by atoms with Gasteiger partial charge >= 0.3 is 6.03 Å². The summed E-state index contributed by atoms with van der Waals surface area (Å²) in [6.45, 7) is 5.34. The number of rotatable bonds is 4. The first-order valence-electron chi connectivity index (χ1n) is 7.57. The van der Waals surface area contributed by atoms with E-state index in [4.69, 9.17) is 4.74 Å². The summed E-state index contributed by atoms with van der Waals surface area (Å²) in [4.78, 5) is 16.2. The molecule has 5 heteroatoms. The molecule has 0 aromatic heterocycles. The molecule has 2 aliphatic rings. The monoisotopic (exact) mass is 269 g/mol. The molecule has 110 valence electrons. The molecular weight excluding hydrogens is 242 g/mol. The molecule has 2 fully saturated rings. The molecule has 5 nitrogen and oxygen atoms in total. The third-order valence-electron chi connectivity index (χ3n) is 4.13. The number of hydrogen-bond acceptors (Lipinski definition) is 3. The smallest absolute Gasteiger partial charge is 0.317 e. The van der Waals surface area contributed by atoms with Gasteiger partial charge in [0, 0.05) is 39.3 Å². The highest BCUT2D eigenvalue weighted by atomic mass is 16.5. The molecule has 0 aromatic rings. The molecule has 2 amide bonds. The number of ether oxygens (including phenoxy) is 1. The van der Waals surface area contributed by atoms with E-state index < -0.39 is 0 Å². The lowest BCUT2D eigenvalue weighted by Gasteiger charge is -2.30. The molecule has 0 aromatic carbocycles. The summed E-state index contributed by atoms with van der Waals surface area (Å²) in [6.07, 6.45) is 6.11. The van der Waals surface area contributed by atoms with Crippen molar-refractivity contribution in [2.45, 2.75) is 38.1 Å². The molecule has 1 N–H and O–H groups in total. The van der Waals surface area contributed by atoms with Crippen LogP contribution in [0.2, 0.25) is 0 Å². The lowest BCUT2D eigenvalue weighted by atomic mass is 9.96. The summed E-state index contributed by atoms with van der Waals surface area (Å²) >= 11 is 0. The number of nitrogens with one attached hydrogen (secondary N) is 1. The molecular formula is C14H27N3O2. The molecule has 1 saturated carbocycles. The fourth-order valence-electron chi connectivity index (χ4n) is 2.75. The van der Waals surface area contributed by atoms with Crippen molar-refractivity contribution in [1.29, 1.82) is 0 Å². The molecule has 1 heterocycles. The third kappa shape index (κ3) is 4.99. The van der Waals surface area contributed by atoms with Crippen LogP contribution in [0.4, 0.5) is 4.79 Å². The number of urea groups is 1. The number of likely N-dealkylation sites (N-methyl/N-ethyl adjacent to an activating group) is 1. The van der Waals surface area contributed by atoms with Crippen molar-refractivity contribution < 1.29 is 9.53 Å². The van der Waals surface area contributed by atoms with Gasteiger partial charge in [-0.15, -0.1) is 0 Å². The van der Waals surface area contributed by atoms with E-state index in [1.807, 2.05) is 11.9 Å². The van der Waals surface area contributed by atoms with Gasteiger partial charge in [0.1, 0.15) is 0 Å². The third-order valence-corrected chi connectivity index (χ3v) is 4.13. The highest BCUT2D eigenvalue weighted by molar-refractivity contribution is 5.74. The fraction of sp³-hybridized carbons (Fsp3) is 0.929. The van der Waals surface area contributed by atoms with Crippen LogP contribution in [-0.2, 0) is 4.74 Å². The minimum absolute atomic E-state index is 0.0835. The fourth-order valence-corrected chi connectivity index (χ4v) is 2.75. The van der Waals surface area contributed by atoms with Gasteiger partial charge in [0.05, 0.1) is 13.2 Å². The Bertz CT molecular complexity index is 274. The van der Waals surface area contributed by atoms with E-state index in [1.165, 1.54) is 19.3 Å². The molecule has 0 radical (unpaired) electrons. The van der Waals surface area contributed by atoms with Gasteiger partial charge in [0.25, 0.3) is 0 Å². The van der Waals surface area contributed by atoms with Crippen molar-refractivity contribution in [3.05, 3.63) is 0 Å². The topological polar surface area (TPSA) is 44.8 Å². The number of carbonyl (C=O) groups excluding carboxylic acids is 1. The van der Waals surface area contributed by atoms with Crippen molar-refractivity contribution >= 4 is 6.03 Å². The average Bonchev–Trinajstić information content (AvgIpc) is 2.47. The standard InChI is InChI=1S/C14H27N3O2/c1-16(7-8-17-9-11-19-12-10-17)14(18)15-13-5-3-2-4-6-13/h13H,2-12H2,1H3,(H,15,18). The Morgan fingerprint density at radius 3 is 2.63 bits per heavy atom. The summed E-state index contributed by atoms with van der Waals surface area (Å²) in [5.74, 6) is 0. The number of carbonyl (C=O) groups is 1. The van der Waals surface area contributed by atoms with Crippen LogP contribution in [0.5, 0.6) is 0 Å². The van der Waals surface area contributed by atoms with Crippen molar-refractivity contribution in [3.63, 3.8) is 0 Å². The Morgan fingerprint density at radius 1 is 1.26 bits per heavy atom. The largest absolute Gasteiger partial charge is 0.379 e. The zero-order valence-corrected chi connectivity index (χ0v) is 12.1. The minimum Gasteiger partial charge on any atom is -0.379 e. The normalized spacial score (nSPS) is 22.2. The van der Waals surface area contributed by atoms with Gasteiger partial charge < -0.3 is 15.0 Å². The maximum Gasteiger partial charge on any atom is 0.317 e. The number of amides is 2. The maximum atomic E-state index is 12.1. The first-order valence-corrected chi connectivity index (χ1v) is 7.57. The lowest BCUT2D eigenvalue weighted by Crippen LogP contribution is -2.47. The van der Waals surface area contributed by atoms with Crippen molar-refractivity contribution in [2.75, 3.05) is 46.4 Å². The van der Waals surface area contributed by atoms with Gasteiger partial charge in [0.15, 0.2) is 0 Å². The molecule has 0 bridgehead atoms. The van der Waals surface area contributed by atoms with Gasteiger partial charge in [-0.05, 0) is 12.8 Å². The van der Waals surface area contributed by atoms with Crippen molar-refractivity contribution in [2.24, 2.45) is 0 Å². The predicted octanol–water partition coefficient (Wildman–Crippen LogP) is 1.29. The number of nitrogens with zero attached hydrogens (tertiary/aromatic N) is 2. The minimum atomic E-state index is 0.0835. The van der Waals surface area contributed by atoms with Gasteiger partial charge in [-0.2, -0.15) is 0 Å². The van der Waals surface area contributed by atoms with Gasteiger partial charge in [0.2, 0.25) is 0 Å². The van der Waals surface area contributed by atoms with Crippen molar-refractivity contribution in [3.8, 4) is 0 Å². The van der Waals surface area contributed by atoms with E-state index in [2.05, 4.69) is 10.2 Å². The van der Waals surface area contributed by atoms with Crippen LogP contribution in [0.3, 0.4) is 0 Å².